The standard InChI is InChI=1S/C15H8F7N5O/c16-9-8(15(20,21)22)10(17)12(19)13(11(9)18)24-14(28)7-2-5-27(25-7)6-26-4-1-3-23-26/h1-5H,6H2,(H,24,28). The van der Waals surface area contributed by atoms with Crippen LogP contribution in [0.1, 0.15) is 16.1 Å². The molecule has 0 saturated carbocycles. The van der Waals surface area contributed by atoms with E-state index >= 15 is 0 Å². The molecule has 0 radical (unpaired) electrons. The quantitative estimate of drug-likeness (QED) is 0.533. The molecule has 0 aliphatic rings. The topological polar surface area (TPSA) is 64.7 Å². The Balaban J connectivity index is 1.88. The molecule has 28 heavy (non-hydrogen) atoms. The SMILES string of the molecule is O=C(Nc1c(F)c(F)c(C(F)(F)F)c(F)c1F)c1ccn(Cn2cccn2)n1. The van der Waals surface area contributed by atoms with Gasteiger partial charge in [0.1, 0.15) is 17.9 Å². The van der Waals surface area contributed by atoms with Gasteiger partial charge in [0, 0.05) is 18.6 Å². The smallest absolute Gasteiger partial charge is 0.315 e. The van der Waals surface area contributed by atoms with Crippen molar-refractivity contribution in [3.63, 3.8) is 0 Å². The summed E-state index contributed by atoms with van der Waals surface area (Å²) in [6.45, 7) is 0.0759. The number of nitrogens with one attached hydrogen (secondary N) is 1. The Kier molecular flexibility index (Phi) is 4.83. The molecule has 0 fully saturated rings. The van der Waals surface area contributed by atoms with Crippen molar-refractivity contribution >= 4 is 11.6 Å². The number of anilines is 1. The third-order valence-electron chi connectivity index (χ3n) is 3.51. The summed E-state index contributed by atoms with van der Waals surface area (Å²) >= 11 is 0. The summed E-state index contributed by atoms with van der Waals surface area (Å²) in [5, 5.41) is 9.15. The number of hydrogen-bond acceptors (Lipinski definition) is 3. The van der Waals surface area contributed by atoms with Crippen LogP contribution in [0.5, 0.6) is 0 Å². The normalized spacial score (nSPS) is 11.7. The summed E-state index contributed by atoms with van der Waals surface area (Å²) in [4.78, 5) is 12.0. The van der Waals surface area contributed by atoms with Gasteiger partial charge in [0.2, 0.25) is 0 Å². The van der Waals surface area contributed by atoms with Crippen molar-refractivity contribution in [2.75, 3.05) is 5.32 Å². The Labute approximate surface area is 151 Å². The van der Waals surface area contributed by atoms with Crippen LogP contribution >= 0.6 is 0 Å². The van der Waals surface area contributed by atoms with E-state index in [0.717, 1.165) is 6.07 Å². The minimum Gasteiger partial charge on any atom is -0.315 e. The Morgan fingerprint density at radius 2 is 1.64 bits per heavy atom. The van der Waals surface area contributed by atoms with Crippen molar-refractivity contribution in [2.24, 2.45) is 0 Å². The van der Waals surface area contributed by atoms with Gasteiger partial charge in [-0.05, 0) is 12.1 Å². The molecule has 0 bridgehead atoms. The van der Waals surface area contributed by atoms with Gasteiger partial charge in [-0.3, -0.25) is 14.2 Å². The number of rotatable bonds is 4. The summed E-state index contributed by atoms with van der Waals surface area (Å²) in [6.07, 6.45) is -1.31. The Morgan fingerprint density at radius 1 is 1.00 bits per heavy atom. The molecule has 1 amide bonds. The first-order valence-corrected chi connectivity index (χ1v) is 7.35. The van der Waals surface area contributed by atoms with Crippen LogP contribution in [-0.2, 0) is 12.8 Å². The van der Waals surface area contributed by atoms with Crippen LogP contribution in [0.2, 0.25) is 0 Å². The number of hydrogen-bond donors (Lipinski definition) is 1. The zero-order valence-corrected chi connectivity index (χ0v) is 13.4. The van der Waals surface area contributed by atoms with Crippen molar-refractivity contribution in [1.29, 1.82) is 0 Å². The number of nitrogens with zero attached hydrogens (tertiary/aromatic N) is 4. The van der Waals surface area contributed by atoms with Crippen LogP contribution in [-0.4, -0.2) is 25.5 Å². The van der Waals surface area contributed by atoms with Gasteiger partial charge < -0.3 is 5.32 Å². The van der Waals surface area contributed by atoms with Crippen molar-refractivity contribution in [2.45, 2.75) is 12.8 Å². The minimum absolute atomic E-state index is 0.0759. The van der Waals surface area contributed by atoms with Gasteiger partial charge in [0.25, 0.3) is 5.91 Å². The molecule has 0 spiro atoms. The number of benzene rings is 1. The Hall–Kier alpha value is -3.38. The molecular weight excluding hydrogens is 399 g/mol. The van der Waals surface area contributed by atoms with Gasteiger partial charge in [-0.1, -0.05) is 0 Å². The van der Waals surface area contributed by atoms with Crippen LogP contribution in [0.4, 0.5) is 36.4 Å². The average Bonchev–Trinajstić information content (AvgIpc) is 3.28. The molecule has 6 nitrogen and oxygen atoms in total. The summed E-state index contributed by atoms with van der Waals surface area (Å²) in [5.74, 6) is -11.4. The number of alkyl halides is 3. The van der Waals surface area contributed by atoms with Crippen LogP contribution in [0, 0.1) is 23.3 Å². The number of amides is 1. The summed E-state index contributed by atoms with van der Waals surface area (Å²) < 4.78 is 95.2. The predicted octanol–water partition coefficient (Wildman–Crippen LogP) is 3.41. The van der Waals surface area contributed by atoms with Gasteiger partial charge in [-0.25, -0.2) is 17.6 Å². The van der Waals surface area contributed by atoms with Crippen LogP contribution < -0.4 is 5.32 Å². The van der Waals surface area contributed by atoms with Gasteiger partial charge in [-0.2, -0.15) is 23.4 Å². The molecule has 1 aromatic carbocycles. The number of aromatic nitrogens is 4. The highest BCUT2D eigenvalue weighted by molar-refractivity contribution is 6.03. The maximum atomic E-state index is 13.8. The summed E-state index contributed by atoms with van der Waals surface area (Å²) in [5.41, 5.74) is -4.84. The van der Waals surface area contributed by atoms with Gasteiger partial charge >= 0.3 is 6.18 Å². The van der Waals surface area contributed by atoms with E-state index in [2.05, 4.69) is 10.2 Å². The molecule has 0 atom stereocenters. The number of carbonyl (C=O) groups excluding carboxylic acids is 1. The lowest BCUT2D eigenvalue weighted by molar-refractivity contribution is -0.143. The van der Waals surface area contributed by atoms with E-state index in [-0.39, 0.29) is 6.67 Å². The highest BCUT2D eigenvalue weighted by Crippen LogP contribution is 2.38. The van der Waals surface area contributed by atoms with E-state index in [1.54, 1.807) is 12.3 Å². The molecule has 3 rings (SSSR count). The molecule has 3 aromatic rings. The van der Waals surface area contributed by atoms with Gasteiger partial charge in [0.05, 0.1) is 0 Å². The lowest BCUT2D eigenvalue weighted by atomic mass is 10.1. The fourth-order valence-corrected chi connectivity index (χ4v) is 2.26. The van der Waals surface area contributed by atoms with Crippen LogP contribution in [0.3, 0.4) is 0 Å². The maximum absolute atomic E-state index is 13.8. The fourth-order valence-electron chi connectivity index (χ4n) is 2.26. The average molecular weight is 407 g/mol. The second-order valence-electron chi connectivity index (χ2n) is 5.39. The monoisotopic (exact) mass is 407 g/mol. The van der Waals surface area contributed by atoms with Crippen molar-refractivity contribution in [3.05, 3.63) is 65.2 Å². The first kappa shape index (κ1) is 19.4. The summed E-state index contributed by atoms with van der Waals surface area (Å²) in [6, 6.07) is 2.74. The van der Waals surface area contributed by atoms with E-state index < -0.39 is 52.3 Å². The molecule has 0 aliphatic carbocycles. The molecule has 2 aromatic heterocycles. The lowest BCUT2D eigenvalue weighted by Crippen LogP contribution is -2.21. The first-order chi connectivity index (χ1) is 13.1. The second-order valence-corrected chi connectivity index (χ2v) is 5.39. The fraction of sp³-hybridized carbons (Fsp3) is 0.133. The predicted molar refractivity (Wildman–Crippen MR) is 79.1 cm³/mol. The Morgan fingerprint density at radius 3 is 2.18 bits per heavy atom. The minimum atomic E-state index is -5.68. The van der Waals surface area contributed by atoms with E-state index in [1.807, 2.05) is 0 Å². The second kappa shape index (κ2) is 6.98. The zero-order valence-electron chi connectivity index (χ0n) is 13.4. The third-order valence-corrected chi connectivity index (χ3v) is 3.51. The molecule has 2 heterocycles. The third kappa shape index (κ3) is 3.54. The van der Waals surface area contributed by atoms with Crippen molar-refractivity contribution < 1.29 is 35.5 Å². The molecular formula is C15H8F7N5O. The molecule has 1 N–H and O–H groups in total. The lowest BCUT2D eigenvalue weighted by Gasteiger charge is -2.14. The van der Waals surface area contributed by atoms with Crippen LogP contribution in [0.25, 0.3) is 0 Å². The molecule has 148 valence electrons. The molecule has 0 aliphatic heterocycles. The number of halogens is 7. The highest BCUT2D eigenvalue weighted by Gasteiger charge is 2.42. The molecule has 0 saturated heterocycles. The Bertz CT molecular complexity index is 997. The zero-order chi connectivity index (χ0) is 20.6. The maximum Gasteiger partial charge on any atom is 0.422 e. The van der Waals surface area contributed by atoms with Gasteiger partial charge in [0.15, 0.2) is 29.0 Å². The first-order valence-electron chi connectivity index (χ1n) is 7.35. The van der Waals surface area contributed by atoms with Crippen molar-refractivity contribution in [3.8, 4) is 0 Å². The van der Waals surface area contributed by atoms with Crippen molar-refractivity contribution in [1.82, 2.24) is 19.6 Å². The largest absolute Gasteiger partial charge is 0.422 e. The molecule has 13 heteroatoms. The highest BCUT2D eigenvalue weighted by atomic mass is 19.4. The molecule has 0 unspecified atom stereocenters. The number of carbonyl (C=O) groups is 1. The van der Waals surface area contributed by atoms with Crippen LogP contribution in [0.15, 0.2) is 30.7 Å². The van der Waals surface area contributed by atoms with E-state index in [0.29, 0.717) is 0 Å². The van der Waals surface area contributed by atoms with E-state index in [4.69, 9.17) is 0 Å². The van der Waals surface area contributed by atoms with E-state index in [1.165, 1.54) is 27.1 Å². The summed E-state index contributed by atoms with van der Waals surface area (Å²) in [7, 11) is 0. The van der Waals surface area contributed by atoms with E-state index in [9.17, 15) is 35.5 Å². The van der Waals surface area contributed by atoms with Gasteiger partial charge in [-0.15, -0.1) is 0 Å².